The van der Waals surface area contributed by atoms with Crippen molar-refractivity contribution in [2.24, 2.45) is 0 Å². The van der Waals surface area contributed by atoms with E-state index in [1.807, 2.05) is 24.7 Å². The average Bonchev–Trinajstić information content (AvgIpc) is 3.08. The summed E-state index contributed by atoms with van der Waals surface area (Å²) in [6.07, 6.45) is 4.04. The molecule has 0 spiro atoms. The van der Waals surface area contributed by atoms with Crippen LogP contribution in [0.1, 0.15) is 41.8 Å². The molecule has 1 aliphatic rings. The molecule has 1 fully saturated rings. The van der Waals surface area contributed by atoms with Crippen LogP contribution in [0.2, 0.25) is 0 Å². The molecule has 0 bridgehead atoms. The summed E-state index contributed by atoms with van der Waals surface area (Å²) in [5.74, 6) is 2.26. The normalized spacial score (nSPS) is 17.2. The van der Waals surface area contributed by atoms with Crippen LogP contribution < -0.4 is 0 Å². The monoisotopic (exact) mass is 304 g/mol. The van der Waals surface area contributed by atoms with E-state index in [0.29, 0.717) is 12.5 Å². The Kier molecular flexibility index (Phi) is 4.59. The van der Waals surface area contributed by atoms with Gasteiger partial charge in [0, 0.05) is 17.8 Å². The smallest absolute Gasteiger partial charge is 0.208 e. The topological polar surface area (TPSA) is 67.3 Å². The minimum Gasteiger partial charge on any atom is -0.444 e. The molecule has 3 heterocycles. The zero-order chi connectivity index (χ0) is 15.5. The van der Waals surface area contributed by atoms with Gasteiger partial charge in [-0.15, -0.1) is 0 Å². The van der Waals surface area contributed by atoms with Gasteiger partial charge in [0.1, 0.15) is 5.76 Å². The van der Waals surface area contributed by atoms with Crippen LogP contribution in [0.3, 0.4) is 0 Å². The molecule has 0 radical (unpaired) electrons. The number of aryl methyl sites for hydroxylation is 2. The van der Waals surface area contributed by atoms with E-state index in [9.17, 15) is 0 Å². The fraction of sp³-hybridized carbons (Fsp3) is 0.625. The molecular weight excluding hydrogens is 280 g/mol. The van der Waals surface area contributed by atoms with Gasteiger partial charge in [0.2, 0.25) is 5.89 Å². The van der Waals surface area contributed by atoms with Gasteiger partial charge in [-0.2, -0.15) is 5.10 Å². The molecule has 6 heteroatoms. The van der Waals surface area contributed by atoms with Crippen LogP contribution in [0, 0.1) is 13.8 Å². The summed E-state index contributed by atoms with van der Waals surface area (Å²) < 4.78 is 7.60. The number of hydrogen-bond donors (Lipinski definition) is 1. The summed E-state index contributed by atoms with van der Waals surface area (Å²) in [7, 11) is 0. The second-order valence-electron chi connectivity index (χ2n) is 6.00. The lowest BCUT2D eigenvalue weighted by molar-refractivity contribution is 0.182. The Balaban J connectivity index is 1.57. The minimum absolute atomic E-state index is 0.135. The highest BCUT2D eigenvalue weighted by Crippen LogP contribution is 2.28. The molecule has 120 valence electrons. The van der Waals surface area contributed by atoms with Crippen molar-refractivity contribution >= 4 is 0 Å². The maximum atomic E-state index is 9.10. The van der Waals surface area contributed by atoms with Gasteiger partial charge in [0.05, 0.1) is 25.4 Å². The molecule has 0 aromatic carbocycles. The maximum Gasteiger partial charge on any atom is 0.208 e. The molecule has 0 atom stereocenters. The quantitative estimate of drug-likeness (QED) is 0.913. The van der Waals surface area contributed by atoms with Gasteiger partial charge in [0.25, 0.3) is 0 Å². The largest absolute Gasteiger partial charge is 0.444 e. The maximum absolute atomic E-state index is 9.10. The first-order chi connectivity index (χ1) is 10.7. The molecule has 0 unspecified atom stereocenters. The molecular formula is C16H24N4O2. The second kappa shape index (κ2) is 6.62. The Morgan fingerprint density at radius 3 is 2.73 bits per heavy atom. The lowest BCUT2D eigenvalue weighted by Gasteiger charge is -2.31. The number of hydrogen-bond acceptors (Lipinski definition) is 5. The number of piperidine rings is 1. The number of aliphatic hydroxyl groups is 1. The Labute approximate surface area is 130 Å². The molecule has 3 rings (SSSR count). The number of aromatic nitrogens is 3. The van der Waals surface area contributed by atoms with Gasteiger partial charge >= 0.3 is 0 Å². The van der Waals surface area contributed by atoms with Crippen molar-refractivity contribution in [2.75, 3.05) is 19.7 Å². The fourth-order valence-electron chi connectivity index (χ4n) is 3.16. The molecule has 1 aliphatic heterocycles. The molecule has 0 saturated carbocycles. The second-order valence-corrected chi connectivity index (χ2v) is 6.00. The van der Waals surface area contributed by atoms with Crippen molar-refractivity contribution in [1.29, 1.82) is 0 Å². The molecule has 2 aromatic rings. The van der Waals surface area contributed by atoms with E-state index in [1.165, 1.54) is 5.69 Å². The van der Waals surface area contributed by atoms with Crippen LogP contribution in [0.25, 0.3) is 0 Å². The van der Waals surface area contributed by atoms with E-state index in [2.05, 4.69) is 21.0 Å². The molecule has 2 aromatic heterocycles. The lowest BCUT2D eigenvalue weighted by atomic mass is 9.93. The van der Waals surface area contributed by atoms with Crippen molar-refractivity contribution in [3.05, 3.63) is 35.3 Å². The van der Waals surface area contributed by atoms with Crippen molar-refractivity contribution in [3.63, 3.8) is 0 Å². The van der Waals surface area contributed by atoms with Gasteiger partial charge in [0.15, 0.2) is 0 Å². The summed E-state index contributed by atoms with van der Waals surface area (Å²) >= 11 is 0. The van der Waals surface area contributed by atoms with Crippen LogP contribution in [-0.2, 0) is 13.1 Å². The van der Waals surface area contributed by atoms with Gasteiger partial charge in [-0.3, -0.25) is 9.58 Å². The highest BCUT2D eigenvalue weighted by Gasteiger charge is 2.24. The van der Waals surface area contributed by atoms with Crippen LogP contribution in [0.4, 0.5) is 0 Å². The van der Waals surface area contributed by atoms with Crippen LogP contribution in [-0.4, -0.2) is 44.5 Å². The standard InChI is InChI=1S/C16H24N4O2/c1-12-13(2)22-16(18-12)11-19-7-4-14(5-8-19)15-3-6-17-20(15)9-10-21/h3,6,14,21H,4-5,7-11H2,1-2H3. The number of oxazole rings is 1. The van der Waals surface area contributed by atoms with Crippen molar-refractivity contribution in [3.8, 4) is 0 Å². The van der Waals surface area contributed by atoms with E-state index in [-0.39, 0.29) is 6.61 Å². The highest BCUT2D eigenvalue weighted by molar-refractivity contribution is 5.10. The zero-order valence-corrected chi connectivity index (χ0v) is 13.3. The summed E-state index contributed by atoms with van der Waals surface area (Å²) in [5, 5.41) is 13.4. The van der Waals surface area contributed by atoms with Crippen molar-refractivity contribution in [2.45, 2.75) is 45.7 Å². The van der Waals surface area contributed by atoms with E-state index >= 15 is 0 Å². The number of nitrogens with zero attached hydrogens (tertiary/aromatic N) is 4. The van der Waals surface area contributed by atoms with E-state index in [4.69, 9.17) is 9.52 Å². The fourth-order valence-corrected chi connectivity index (χ4v) is 3.16. The molecule has 22 heavy (non-hydrogen) atoms. The number of aliphatic hydroxyl groups excluding tert-OH is 1. The lowest BCUT2D eigenvalue weighted by Crippen LogP contribution is -2.33. The van der Waals surface area contributed by atoms with Crippen LogP contribution in [0.15, 0.2) is 16.7 Å². The summed E-state index contributed by atoms with van der Waals surface area (Å²) in [5.41, 5.74) is 2.23. The zero-order valence-electron chi connectivity index (χ0n) is 13.3. The van der Waals surface area contributed by atoms with E-state index in [0.717, 1.165) is 49.8 Å². The first-order valence-electron chi connectivity index (χ1n) is 7.95. The number of likely N-dealkylation sites (tertiary alicyclic amines) is 1. The van der Waals surface area contributed by atoms with Gasteiger partial charge in [-0.25, -0.2) is 4.98 Å². The Morgan fingerprint density at radius 2 is 2.09 bits per heavy atom. The van der Waals surface area contributed by atoms with E-state index in [1.54, 1.807) is 0 Å². The summed E-state index contributed by atoms with van der Waals surface area (Å²) in [4.78, 5) is 6.86. The average molecular weight is 304 g/mol. The molecule has 1 saturated heterocycles. The molecule has 6 nitrogen and oxygen atoms in total. The summed E-state index contributed by atoms with van der Waals surface area (Å²) in [6.45, 7) is 7.52. The third kappa shape index (κ3) is 3.23. The summed E-state index contributed by atoms with van der Waals surface area (Å²) in [6, 6.07) is 2.08. The van der Waals surface area contributed by atoms with Crippen molar-refractivity contribution < 1.29 is 9.52 Å². The highest BCUT2D eigenvalue weighted by atomic mass is 16.4. The predicted octanol–water partition coefficient (Wildman–Crippen LogP) is 1.86. The Morgan fingerprint density at radius 1 is 1.32 bits per heavy atom. The predicted molar refractivity (Wildman–Crippen MR) is 82.5 cm³/mol. The minimum atomic E-state index is 0.135. The number of rotatable bonds is 5. The van der Waals surface area contributed by atoms with Crippen molar-refractivity contribution in [1.82, 2.24) is 19.7 Å². The molecule has 0 aliphatic carbocycles. The van der Waals surface area contributed by atoms with E-state index < -0.39 is 0 Å². The first kappa shape index (κ1) is 15.2. The first-order valence-corrected chi connectivity index (χ1v) is 7.95. The van der Waals surface area contributed by atoms with Gasteiger partial charge in [-0.1, -0.05) is 0 Å². The van der Waals surface area contributed by atoms with Gasteiger partial charge < -0.3 is 9.52 Å². The SMILES string of the molecule is Cc1nc(CN2CCC(c3ccnn3CCO)CC2)oc1C. The van der Waals surface area contributed by atoms with Gasteiger partial charge in [-0.05, 0) is 45.8 Å². The molecule has 1 N–H and O–H groups in total. The Bertz CT molecular complexity index is 592. The third-order valence-corrected chi connectivity index (χ3v) is 4.50. The third-order valence-electron chi connectivity index (χ3n) is 4.50. The van der Waals surface area contributed by atoms with Crippen LogP contribution >= 0.6 is 0 Å². The molecule has 0 amide bonds. The Hall–Kier alpha value is -1.66. The van der Waals surface area contributed by atoms with Crippen LogP contribution in [0.5, 0.6) is 0 Å².